The zero-order chi connectivity index (χ0) is 14.7. The normalized spacial score (nSPS) is 10.6. The lowest BCUT2D eigenvalue weighted by Crippen LogP contribution is -2.06. The van der Waals surface area contributed by atoms with E-state index in [-0.39, 0.29) is 5.97 Å². The number of ether oxygens (including phenoxy) is 1. The number of carbonyl (C=O) groups excluding carboxylic acids is 1. The van der Waals surface area contributed by atoms with Gasteiger partial charge < -0.3 is 4.74 Å². The summed E-state index contributed by atoms with van der Waals surface area (Å²) in [5.74, 6) is -0.323. The number of hydrogen-bond donors (Lipinski definition) is 0. The van der Waals surface area contributed by atoms with Gasteiger partial charge in [0.2, 0.25) is 0 Å². The van der Waals surface area contributed by atoms with Crippen molar-refractivity contribution in [3.8, 4) is 0 Å². The molecule has 0 fully saturated rings. The molecule has 1 aromatic heterocycles. The number of hydrogen-bond acceptors (Lipinski definition) is 3. The molecule has 0 spiro atoms. The summed E-state index contributed by atoms with van der Waals surface area (Å²) in [7, 11) is 0. The molecular weight excluding hydrogens is 252 g/mol. The average molecular weight is 272 g/mol. The molecule has 0 radical (unpaired) electrons. The summed E-state index contributed by atoms with van der Waals surface area (Å²) in [6.07, 6.45) is 3.29. The third kappa shape index (κ3) is 3.07. The monoisotopic (exact) mass is 272 g/mol. The predicted octanol–water partition coefficient (Wildman–Crippen LogP) is 3.03. The van der Waals surface area contributed by atoms with Gasteiger partial charge in [0.1, 0.15) is 0 Å². The van der Waals surface area contributed by atoms with Crippen LogP contribution in [0.4, 0.5) is 0 Å². The van der Waals surface area contributed by atoms with E-state index in [1.165, 1.54) is 22.3 Å². The van der Waals surface area contributed by atoms with Crippen molar-refractivity contribution in [2.45, 2.75) is 34.2 Å². The van der Waals surface area contributed by atoms with Crippen LogP contribution >= 0.6 is 0 Å². The molecular formula is C16H20N2O2. The zero-order valence-electron chi connectivity index (χ0n) is 12.4. The molecule has 0 aliphatic carbocycles. The highest BCUT2D eigenvalue weighted by Crippen LogP contribution is 2.17. The van der Waals surface area contributed by atoms with Crippen LogP contribution in [-0.4, -0.2) is 22.4 Å². The average Bonchev–Trinajstić information content (AvgIpc) is 2.82. The maximum Gasteiger partial charge on any atom is 0.341 e. The Labute approximate surface area is 119 Å². The molecule has 0 N–H and O–H groups in total. The summed E-state index contributed by atoms with van der Waals surface area (Å²) < 4.78 is 6.74. The lowest BCUT2D eigenvalue weighted by molar-refractivity contribution is 0.0526. The van der Waals surface area contributed by atoms with Gasteiger partial charge in [-0.25, -0.2) is 4.79 Å². The Morgan fingerprint density at radius 2 is 1.90 bits per heavy atom. The van der Waals surface area contributed by atoms with Crippen LogP contribution in [0.3, 0.4) is 0 Å². The Morgan fingerprint density at radius 3 is 2.50 bits per heavy atom. The molecule has 20 heavy (non-hydrogen) atoms. The molecule has 0 unspecified atom stereocenters. The van der Waals surface area contributed by atoms with E-state index in [1.807, 2.05) is 0 Å². The molecule has 0 saturated heterocycles. The van der Waals surface area contributed by atoms with Gasteiger partial charge in [0.15, 0.2) is 0 Å². The van der Waals surface area contributed by atoms with Gasteiger partial charge in [-0.1, -0.05) is 17.7 Å². The van der Waals surface area contributed by atoms with Gasteiger partial charge in [-0.3, -0.25) is 4.68 Å². The van der Waals surface area contributed by atoms with Gasteiger partial charge in [-0.2, -0.15) is 5.10 Å². The number of aryl methyl sites for hydroxylation is 3. The minimum Gasteiger partial charge on any atom is -0.462 e. The largest absolute Gasteiger partial charge is 0.462 e. The fraction of sp³-hybridized carbons (Fsp3) is 0.375. The van der Waals surface area contributed by atoms with Crippen LogP contribution in [0.15, 0.2) is 24.5 Å². The summed E-state index contributed by atoms with van der Waals surface area (Å²) in [6, 6.07) is 4.33. The lowest BCUT2D eigenvalue weighted by atomic mass is 10.00. The summed E-state index contributed by atoms with van der Waals surface area (Å²) in [5.41, 5.74) is 5.49. The number of benzene rings is 1. The van der Waals surface area contributed by atoms with Crippen LogP contribution in [0.25, 0.3) is 0 Å². The van der Waals surface area contributed by atoms with Crippen LogP contribution in [-0.2, 0) is 11.3 Å². The van der Waals surface area contributed by atoms with E-state index in [4.69, 9.17) is 4.74 Å². The van der Waals surface area contributed by atoms with E-state index in [0.29, 0.717) is 18.7 Å². The molecule has 0 bridgehead atoms. The van der Waals surface area contributed by atoms with E-state index in [1.54, 1.807) is 24.0 Å². The van der Waals surface area contributed by atoms with Crippen molar-refractivity contribution >= 4 is 5.97 Å². The van der Waals surface area contributed by atoms with Gasteiger partial charge in [-0.15, -0.1) is 0 Å². The molecule has 2 aromatic rings. The van der Waals surface area contributed by atoms with Crippen LogP contribution in [0.5, 0.6) is 0 Å². The summed E-state index contributed by atoms with van der Waals surface area (Å²) >= 11 is 0. The van der Waals surface area contributed by atoms with Gasteiger partial charge in [-0.05, 0) is 44.4 Å². The first-order chi connectivity index (χ1) is 9.51. The molecule has 2 rings (SSSR count). The first kappa shape index (κ1) is 14.3. The highest BCUT2D eigenvalue weighted by molar-refractivity contribution is 5.88. The van der Waals surface area contributed by atoms with Gasteiger partial charge in [0, 0.05) is 6.20 Å². The van der Waals surface area contributed by atoms with E-state index < -0.39 is 0 Å². The quantitative estimate of drug-likeness (QED) is 0.804. The summed E-state index contributed by atoms with van der Waals surface area (Å²) in [5, 5.41) is 4.24. The second-order valence-electron chi connectivity index (χ2n) is 5.02. The molecule has 106 valence electrons. The maximum atomic E-state index is 11.6. The lowest BCUT2D eigenvalue weighted by Gasteiger charge is -2.11. The number of nitrogens with zero attached hydrogens (tertiary/aromatic N) is 2. The molecule has 1 heterocycles. The summed E-state index contributed by atoms with van der Waals surface area (Å²) in [4.78, 5) is 11.6. The van der Waals surface area contributed by atoms with Crippen LogP contribution in [0, 0.1) is 20.8 Å². The van der Waals surface area contributed by atoms with E-state index >= 15 is 0 Å². The van der Waals surface area contributed by atoms with Crippen molar-refractivity contribution < 1.29 is 9.53 Å². The Kier molecular flexibility index (Phi) is 4.23. The van der Waals surface area contributed by atoms with Gasteiger partial charge in [0.05, 0.1) is 24.9 Å². The minimum absolute atomic E-state index is 0.323. The topological polar surface area (TPSA) is 44.1 Å². The molecule has 0 amide bonds. The van der Waals surface area contributed by atoms with Gasteiger partial charge in [0.25, 0.3) is 0 Å². The fourth-order valence-corrected chi connectivity index (χ4v) is 2.39. The Hall–Kier alpha value is -2.10. The van der Waals surface area contributed by atoms with Crippen molar-refractivity contribution in [3.63, 3.8) is 0 Å². The Balaban J connectivity index is 2.21. The van der Waals surface area contributed by atoms with Crippen molar-refractivity contribution in [2.24, 2.45) is 0 Å². The van der Waals surface area contributed by atoms with Crippen molar-refractivity contribution in [2.75, 3.05) is 6.61 Å². The Morgan fingerprint density at radius 1 is 1.25 bits per heavy atom. The van der Waals surface area contributed by atoms with Crippen LogP contribution < -0.4 is 0 Å². The van der Waals surface area contributed by atoms with Crippen LogP contribution in [0.2, 0.25) is 0 Å². The fourth-order valence-electron chi connectivity index (χ4n) is 2.39. The molecule has 0 aliphatic rings. The predicted molar refractivity (Wildman–Crippen MR) is 77.9 cm³/mol. The number of esters is 1. The van der Waals surface area contributed by atoms with Gasteiger partial charge >= 0.3 is 5.97 Å². The third-order valence-electron chi connectivity index (χ3n) is 3.30. The zero-order valence-corrected chi connectivity index (χ0v) is 12.4. The highest BCUT2D eigenvalue weighted by atomic mass is 16.5. The smallest absolute Gasteiger partial charge is 0.341 e. The molecule has 0 aliphatic heterocycles. The maximum absolute atomic E-state index is 11.6. The second-order valence-corrected chi connectivity index (χ2v) is 5.02. The Bertz CT molecular complexity index is 606. The van der Waals surface area contributed by atoms with E-state index in [0.717, 1.165) is 0 Å². The van der Waals surface area contributed by atoms with Crippen molar-refractivity contribution in [3.05, 3.63) is 52.3 Å². The molecule has 1 aromatic carbocycles. The molecule has 0 saturated carbocycles. The SMILES string of the molecule is CCOC(=O)c1cnn(Cc2c(C)cc(C)cc2C)c1. The van der Waals surface area contributed by atoms with Crippen molar-refractivity contribution in [1.29, 1.82) is 0 Å². The molecule has 0 atom stereocenters. The number of aromatic nitrogens is 2. The number of rotatable bonds is 4. The van der Waals surface area contributed by atoms with Crippen molar-refractivity contribution in [1.82, 2.24) is 9.78 Å². The molecule has 4 heteroatoms. The van der Waals surface area contributed by atoms with E-state index in [2.05, 4.69) is 38.0 Å². The second kappa shape index (κ2) is 5.90. The standard InChI is InChI=1S/C16H20N2O2/c1-5-20-16(19)14-8-17-18(9-14)10-15-12(3)6-11(2)7-13(15)4/h6-9H,5,10H2,1-4H3. The first-order valence-electron chi connectivity index (χ1n) is 6.77. The highest BCUT2D eigenvalue weighted by Gasteiger charge is 2.11. The van der Waals surface area contributed by atoms with Crippen LogP contribution in [0.1, 0.15) is 39.5 Å². The summed E-state index contributed by atoms with van der Waals surface area (Å²) in [6.45, 7) is 9.13. The number of carbonyl (C=O) groups is 1. The first-order valence-corrected chi connectivity index (χ1v) is 6.77. The third-order valence-corrected chi connectivity index (χ3v) is 3.30. The van der Waals surface area contributed by atoms with E-state index in [9.17, 15) is 4.79 Å². The molecule has 4 nitrogen and oxygen atoms in total. The minimum atomic E-state index is -0.323.